The first-order valence-corrected chi connectivity index (χ1v) is 13.6. The second-order valence-corrected chi connectivity index (χ2v) is 10.6. The van der Waals surface area contributed by atoms with Crippen LogP contribution in [0.5, 0.6) is 5.75 Å². The van der Waals surface area contributed by atoms with E-state index in [2.05, 4.69) is 10.3 Å². The highest BCUT2D eigenvalue weighted by Crippen LogP contribution is 2.50. The minimum Gasteiger partial charge on any atom is -0.494 e. The van der Waals surface area contributed by atoms with Crippen molar-refractivity contribution in [1.29, 1.82) is 0 Å². The number of benzene rings is 3. The first kappa shape index (κ1) is 25.8. The summed E-state index contributed by atoms with van der Waals surface area (Å²) in [5.41, 5.74) is 1.52. The molecule has 0 radical (unpaired) electrons. The van der Waals surface area contributed by atoms with E-state index in [0.29, 0.717) is 12.4 Å². The van der Waals surface area contributed by atoms with E-state index in [4.69, 9.17) is 4.74 Å². The lowest BCUT2D eigenvalue weighted by molar-refractivity contribution is -0.151. The fourth-order valence-electron chi connectivity index (χ4n) is 6.28. The van der Waals surface area contributed by atoms with Gasteiger partial charge in [-0.3, -0.25) is 24.6 Å². The molecule has 3 N–H and O–H groups in total. The number of ether oxygens (including phenoxy) is 1. The van der Waals surface area contributed by atoms with Crippen molar-refractivity contribution < 1.29 is 24.2 Å². The molecule has 4 atom stereocenters. The Hall–Kier alpha value is -4.43. The molecule has 2 amide bonds. The highest BCUT2D eigenvalue weighted by atomic mass is 16.5. The summed E-state index contributed by atoms with van der Waals surface area (Å²) in [6.45, 7) is 2.71. The molecule has 0 saturated carbocycles. The van der Waals surface area contributed by atoms with Crippen LogP contribution in [-0.2, 0) is 27.3 Å². The molecule has 3 heterocycles. The molecule has 2 fully saturated rings. The third-order valence-electron chi connectivity index (χ3n) is 8.17. The van der Waals surface area contributed by atoms with Crippen molar-refractivity contribution in [2.24, 2.45) is 11.8 Å². The molecule has 0 bridgehead atoms. The Morgan fingerprint density at radius 3 is 2.42 bits per heavy atom. The molecule has 3 aromatic carbocycles. The van der Waals surface area contributed by atoms with Crippen molar-refractivity contribution in [3.8, 4) is 5.75 Å². The number of imide groups is 1. The third kappa shape index (κ3) is 4.25. The summed E-state index contributed by atoms with van der Waals surface area (Å²) in [4.78, 5) is 45.7. The van der Waals surface area contributed by atoms with Crippen LogP contribution in [0.25, 0.3) is 10.9 Å². The number of fused-ring (bicyclic) bond motifs is 2. The maximum absolute atomic E-state index is 14.0. The second-order valence-electron chi connectivity index (χ2n) is 10.6. The smallest absolute Gasteiger partial charge is 0.325 e. The van der Waals surface area contributed by atoms with Crippen LogP contribution in [0.4, 0.5) is 0 Å². The number of carbonyl (C=O) groups is 3. The Morgan fingerprint density at radius 2 is 1.70 bits per heavy atom. The summed E-state index contributed by atoms with van der Waals surface area (Å²) in [7, 11) is 0. The predicted octanol–water partition coefficient (Wildman–Crippen LogP) is 4.47. The highest BCUT2D eigenvalue weighted by molar-refractivity contribution is 6.09. The lowest BCUT2D eigenvalue weighted by Gasteiger charge is -2.31. The van der Waals surface area contributed by atoms with Gasteiger partial charge in [-0.05, 0) is 41.3 Å². The summed E-state index contributed by atoms with van der Waals surface area (Å²) >= 11 is 0. The van der Waals surface area contributed by atoms with Gasteiger partial charge in [-0.1, -0.05) is 67.6 Å². The van der Waals surface area contributed by atoms with E-state index < -0.39 is 35.3 Å². The monoisotopic (exact) mass is 537 g/mol. The highest BCUT2D eigenvalue weighted by Gasteiger charge is 2.68. The van der Waals surface area contributed by atoms with Crippen LogP contribution in [0, 0.1) is 11.8 Å². The lowest BCUT2D eigenvalue weighted by atomic mass is 9.76. The number of aromatic nitrogens is 1. The van der Waals surface area contributed by atoms with Gasteiger partial charge in [0.05, 0.1) is 25.0 Å². The number of para-hydroxylation sites is 1. The van der Waals surface area contributed by atoms with Crippen LogP contribution in [-0.4, -0.2) is 44.9 Å². The van der Waals surface area contributed by atoms with Crippen LogP contribution < -0.4 is 10.1 Å². The topological polar surface area (TPSA) is 112 Å². The molecular formula is C32H31N3O5. The number of amides is 2. The number of carboxylic acids is 1. The van der Waals surface area contributed by atoms with Crippen molar-refractivity contribution in [2.75, 3.05) is 6.61 Å². The average Bonchev–Trinajstić information content (AvgIpc) is 3.62. The number of likely N-dealkylation sites (tertiary alicyclic amines) is 1. The lowest BCUT2D eigenvalue weighted by Crippen LogP contribution is -2.57. The standard InChI is InChI=1S/C32H31N3O5/c1-2-16-40-23-14-12-21(13-15-23)28-26-27(30(37)35(29(26)36)19-20-8-4-3-5-9-20)32(34-28,31(38)39)17-22-18-33-25-11-7-6-10-24(22)25/h3-15,18,26-28,33-34H,2,16-17,19H2,1H3,(H,38,39). The summed E-state index contributed by atoms with van der Waals surface area (Å²) in [5, 5.41) is 15.0. The Morgan fingerprint density at radius 1 is 0.975 bits per heavy atom. The number of hydrogen-bond donors (Lipinski definition) is 3. The molecule has 1 aromatic heterocycles. The molecular weight excluding hydrogens is 506 g/mol. The number of hydrogen-bond acceptors (Lipinski definition) is 5. The normalized spacial score (nSPS) is 24.0. The van der Waals surface area contributed by atoms with Crippen LogP contribution in [0.3, 0.4) is 0 Å². The zero-order valence-electron chi connectivity index (χ0n) is 22.2. The SMILES string of the molecule is CCCOc1ccc(C2NC(Cc3c[nH]c4ccccc34)(C(=O)O)C3C(=O)N(Cc4ccccc4)C(=O)C23)cc1. The minimum absolute atomic E-state index is 0.0416. The molecule has 2 aliphatic rings. The minimum atomic E-state index is -1.68. The van der Waals surface area contributed by atoms with Crippen molar-refractivity contribution in [3.63, 3.8) is 0 Å². The van der Waals surface area contributed by atoms with Crippen molar-refractivity contribution in [1.82, 2.24) is 15.2 Å². The number of aromatic amines is 1. The van der Waals surface area contributed by atoms with Crippen molar-refractivity contribution in [2.45, 2.75) is 37.9 Å². The van der Waals surface area contributed by atoms with Gasteiger partial charge in [-0.15, -0.1) is 0 Å². The van der Waals surface area contributed by atoms with Crippen molar-refractivity contribution >= 4 is 28.7 Å². The first-order chi connectivity index (χ1) is 19.4. The zero-order chi connectivity index (χ0) is 27.9. The van der Waals surface area contributed by atoms with Crippen LogP contribution >= 0.6 is 0 Å². The number of nitrogens with one attached hydrogen (secondary N) is 2. The van der Waals surface area contributed by atoms with Gasteiger partial charge in [-0.2, -0.15) is 0 Å². The summed E-state index contributed by atoms with van der Waals surface area (Å²) < 4.78 is 5.72. The quantitative estimate of drug-likeness (QED) is 0.272. The van der Waals surface area contributed by atoms with E-state index in [1.165, 1.54) is 4.90 Å². The van der Waals surface area contributed by atoms with Gasteiger partial charge in [-0.25, -0.2) is 0 Å². The first-order valence-electron chi connectivity index (χ1n) is 13.6. The number of carboxylic acid groups (broad SMARTS) is 1. The maximum Gasteiger partial charge on any atom is 0.325 e. The number of carbonyl (C=O) groups excluding carboxylic acids is 2. The van der Waals surface area contributed by atoms with Crippen LogP contribution in [0.15, 0.2) is 85.1 Å². The largest absolute Gasteiger partial charge is 0.494 e. The molecule has 204 valence electrons. The number of H-pyrrole nitrogens is 1. The predicted molar refractivity (Wildman–Crippen MR) is 149 cm³/mol. The van der Waals surface area contributed by atoms with Gasteiger partial charge in [0.1, 0.15) is 11.3 Å². The second kappa shape index (κ2) is 10.3. The number of rotatable bonds is 9. The third-order valence-corrected chi connectivity index (χ3v) is 8.17. The number of aliphatic carboxylic acids is 1. The van der Waals surface area contributed by atoms with E-state index in [0.717, 1.165) is 34.0 Å². The van der Waals surface area contributed by atoms with E-state index in [1.807, 2.05) is 85.8 Å². The Balaban J connectivity index is 1.43. The summed E-state index contributed by atoms with van der Waals surface area (Å²) in [6.07, 6.45) is 2.71. The molecule has 0 spiro atoms. The fourth-order valence-corrected chi connectivity index (χ4v) is 6.28. The number of nitrogens with zero attached hydrogens (tertiary/aromatic N) is 1. The fraction of sp³-hybridized carbons (Fsp3) is 0.281. The average molecular weight is 538 g/mol. The van der Waals surface area contributed by atoms with Crippen molar-refractivity contribution in [3.05, 3.63) is 102 Å². The van der Waals surface area contributed by atoms with E-state index >= 15 is 0 Å². The van der Waals surface area contributed by atoms with Gasteiger partial charge in [0.2, 0.25) is 11.8 Å². The van der Waals surface area contributed by atoms with Gasteiger partial charge in [0.25, 0.3) is 0 Å². The Kier molecular flexibility index (Phi) is 6.64. The Bertz CT molecular complexity index is 1560. The van der Waals surface area contributed by atoms with E-state index in [9.17, 15) is 19.5 Å². The van der Waals surface area contributed by atoms with Gasteiger partial charge in [0.15, 0.2) is 0 Å². The molecule has 0 aliphatic carbocycles. The summed E-state index contributed by atoms with van der Waals surface area (Å²) in [5.74, 6) is -3.21. The maximum atomic E-state index is 14.0. The zero-order valence-corrected chi connectivity index (χ0v) is 22.2. The van der Waals surface area contributed by atoms with Gasteiger partial charge in [0, 0.05) is 29.6 Å². The molecule has 4 aromatic rings. The molecule has 4 unspecified atom stereocenters. The summed E-state index contributed by atoms with van der Waals surface area (Å²) in [6, 6.07) is 23.6. The van der Waals surface area contributed by atoms with Crippen LogP contribution in [0.1, 0.15) is 36.1 Å². The van der Waals surface area contributed by atoms with Gasteiger partial charge < -0.3 is 14.8 Å². The van der Waals surface area contributed by atoms with E-state index in [-0.39, 0.29) is 18.9 Å². The molecule has 40 heavy (non-hydrogen) atoms. The molecule has 2 saturated heterocycles. The molecule has 6 rings (SSSR count). The van der Waals surface area contributed by atoms with Crippen LogP contribution in [0.2, 0.25) is 0 Å². The Labute approximate surface area is 232 Å². The molecule has 8 nitrogen and oxygen atoms in total. The molecule has 8 heteroatoms. The van der Waals surface area contributed by atoms with Gasteiger partial charge >= 0.3 is 5.97 Å². The molecule has 2 aliphatic heterocycles. The van der Waals surface area contributed by atoms with E-state index in [1.54, 1.807) is 6.20 Å².